The zero-order valence-corrected chi connectivity index (χ0v) is 13.2. The van der Waals surface area contributed by atoms with Crippen LogP contribution in [-0.2, 0) is 9.53 Å². The molecule has 1 atom stereocenters. The number of esters is 1. The topological polar surface area (TPSA) is 46.5 Å². The van der Waals surface area contributed by atoms with E-state index in [9.17, 15) is 9.90 Å². The smallest absolute Gasteiger partial charge is 0.302 e. The quantitative estimate of drug-likeness (QED) is 0.308. The molecule has 0 aromatic carbocycles. The van der Waals surface area contributed by atoms with Gasteiger partial charge in [-0.15, -0.1) is 6.58 Å². The summed E-state index contributed by atoms with van der Waals surface area (Å²) in [5.41, 5.74) is 0. The molecule has 0 saturated carbocycles. The minimum atomic E-state index is -0.785. The van der Waals surface area contributed by atoms with Crippen LogP contribution in [0.5, 0.6) is 0 Å². The van der Waals surface area contributed by atoms with Crippen LogP contribution in [0.25, 0.3) is 0 Å². The van der Waals surface area contributed by atoms with E-state index in [1.165, 1.54) is 19.8 Å². The van der Waals surface area contributed by atoms with Gasteiger partial charge in [0.25, 0.3) is 0 Å². The van der Waals surface area contributed by atoms with Crippen LogP contribution in [0.1, 0.15) is 39.0 Å². The van der Waals surface area contributed by atoms with Crippen molar-refractivity contribution in [1.29, 1.82) is 0 Å². The van der Waals surface area contributed by atoms with Crippen LogP contribution in [0.3, 0.4) is 0 Å². The predicted molar refractivity (Wildman–Crippen MR) is 89.8 cm³/mol. The maximum atomic E-state index is 10.5. The Hall–Kier alpha value is -2.23. The van der Waals surface area contributed by atoms with E-state index in [1.807, 2.05) is 12.2 Å². The maximum Gasteiger partial charge on any atom is 0.302 e. The number of hydrogen-bond donors (Lipinski definition) is 1. The molecule has 3 nitrogen and oxygen atoms in total. The number of allylic oxidation sites excluding steroid dienone is 3. The second kappa shape index (κ2) is 15.2. The highest BCUT2D eigenvalue weighted by Gasteiger charge is 1.90. The van der Waals surface area contributed by atoms with Crippen LogP contribution in [0.15, 0.2) is 37.0 Å². The van der Waals surface area contributed by atoms with Crippen LogP contribution in [0, 0.1) is 23.7 Å². The standard InChI is InChI=1S/C19H24O3/c1-3-4-5-6-7-9-12-15-19(21)16-13-10-8-11-14-17-22-18(2)20/h3,11-12,14-15,19,21H,1,4-7,9,17H2,2H3/b14-11+,15-12-/t19-/m0/s1. The summed E-state index contributed by atoms with van der Waals surface area (Å²) in [6.45, 7) is 5.24. The molecule has 0 fully saturated rings. The average molecular weight is 300 g/mol. The maximum absolute atomic E-state index is 10.5. The van der Waals surface area contributed by atoms with E-state index in [0.717, 1.165) is 19.3 Å². The number of aliphatic hydroxyl groups is 1. The van der Waals surface area contributed by atoms with Gasteiger partial charge in [-0.05, 0) is 55.8 Å². The molecule has 3 heteroatoms. The zero-order valence-electron chi connectivity index (χ0n) is 13.2. The molecular weight excluding hydrogens is 276 g/mol. The molecule has 0 bridgehead atoms. The summed E-state index contributed by atoms with van der Waals surface area (Å²) < 4.78 is 4.69. The second-order valence-electron chi connectivity index (χ2n) is 4.54. The fourth-order valence-corrected chi connectivity index (χ4v) is 1.46. The van der Waals surface area contributed by atoms with Crippen molar-refractivity contribution in [1.82, 2.24) is 0 Å². The highest BCUT2D eigenvalue weighted by atomic mass is 16.5. The Morgan fingerprint density at radius 3 is 2.73 bits per heavy atom. The Morgan fingerprint density at radius 2 is 2.00 bits per heavy atom. The summed E-state index contributed by atoms with van der Waals surface area (Å²) in [6, 6.07) is 0. The first-order chi connectivity index (χ1) is 10.7. The van der Waals surface area contributed by atoms with Crippen molar-refractivity contribution in [2.75, 3.05) is 6.61 Å². The first kappa shape index (κ1) is 19.8. The van der Waals surface area contributed by atoms with Gasteiger partial charge >= 0.3 is 5.97 Å². The third-order valence-corrected chi connectivity index (χ3v) is 2.54. The van der Waals surface area contributed by atoms with E-state index < -0.39 is 6.10 Å². The van der Waals surface area contributed by atoms with E-state index in [0.29, 0.717) is 0 Å². The largest absolute Gasteiger partial charge is 0.462 e. The summed E-state index contributed by atoms with van der Waals surface area (Å²) in [7, 11) is 0. The monoisotopic (exact) mass is 300 g/mol. The third-order valence-electron chi connectivity index (χ3n) is 2.54. The number of aliphatic hydroxyl groups excluding tert-OH is 1. The van der Waals surface area contributed by atoms with Gasteiger partial charge in [0.1, 0.15) is 12.7 Å². The molecule has 1 N–H and O–H groups in total. The molecule has 0 aromatic heterocycles. The van der Waals surface area contributed by atoms with Crippen molar-refractivity contribution in [3.05, 3.63) is 37.0 Å². The van der Waals surface area contributed by atoms with Gasteiger partial charge in [-0.25, -0.2) is 0 Å². The van der Waals surface area contributed by atoms with Crippen molar-refractivity contribution in [3.63, 3.8) is 0 Å². The van der Waals surface area contributed by atoms with Gasteiger partial charge in [0.15, 0.2) is 0 Å². The van der Waals surface area contributed by atoms with Crippen molar-refractivity contribution in [2.24, 2.45) is 0 Å². The number of ether oxygens (including phenoxy) is 1. The number of hydrogen-bond acceptors (Lipinski definition) is 3. The Bertz CT molecular complexity index is 492. The third kappa shape index (κ3) is 15.8. The molecule has 0 aliphatic heterocycles. The first-order valence-electron chi connectivity index (χ1n) is 7.42. The van der Waals surface area contributed by atoms with E-state index >= 15 is 0 Å². The van der Waals surface area contributed by atoms with Crippen LogP contribution >= 0.6 is 0 Å². The molecule has 0 heterocycles. The fourth-order valence-electron chi connectivity index (χ4n) is 1.46. The molecular formula is C19H24O3. The summed E-state index contributed by atoms with van der Waals surface area (Å²) >= 11 is 0. The van der Waals surface area contributed by atoms with Gasteiger partial charge in [-0.3, -0.25) is 4.79 Å². The first-order valence-corrected chi connectivity index (χ1v) is 7.42. The average Bonchev–Trinajstić information content (AvgIpc) is 2.48. The number of carbonyl (C=O) groups excluding carboxylic acids is 1. The second-order valence-corrected chi connectivity index (χ2v) is 4.54. The summed E-state index contributed by atoms with van der Waals surface area (Å²) in [5.74, 6) is 10.1. The lowest BCUT2D eigenvalue weighted by Gasteiger charge is -1.95. The summed E-state index contributed by atoms with van der Waals surface area (Å²) in [5, 5.41) is 9.57. The Balaban J connectivity index is 3.81. The molecule has 0 aromatic rings. The lowest BCUT2D eigenvalue weighted by molar-refractivity contribution is -0.139. The van der Waals surface area contributed by atoms with Gasteiger partial charge < -0.3 is 9.84 Å². The fraction of sp³-hybridized carbons (Fsp3) is 0.421. The van der Waals surface area contributed by atoms with E-state index in [-0.39, 0.29) is 12.6 Å². The van der Waals surface area contributed by atoms with Crippen LogP contribution in [0.2, 0.25) is 0 Å². The van der Waals surface area contributed by atoms with Gasteiger partial charge in [0.05, 0.1) is 0 Å². The van der Waals surface area contributed by atoms with Crippen molar-refractivity contribution >= 4 is 5.97 Å². The molecule has 0 aliphatic rings. The SMILES string of the molecule is C=CCCCCC/C=C\[C@H](O)C#CC#C/C=C/COC(C)=O. The minimum absolute atomic E-state index is 0.204. The van der Waals surface area contributed by atoms with E-state index in [1.54, 1.807) is 18.2 Å². The van der Waals surface area contributed by atoms with Crippen molar-refractivity contribution in [2.45, 2.75) is 45.1 Å². The van der Waals surface area contributed by atoms with Gasteiger partial charge in [-0.1, -0.05) is 30.4 Å². The molecule has 0 amide bonds. The molecule has 118 valence electrons. The van der Waals surface area contributed by atoms with Crippen molar-refractivity contribution < 1.29 is 14.6 Å². The molecule has 0 rings (SSSR count). The van der Waals surface area contributed by atoms with E-state index in [4.69, 9.17) is 0 Å². The summed E-state index contributed by atoms with van der Waals surface area (Å²) in [6.07, 6.45) is 13.4. The van der Waals surface area contributed by atoms with Crippen LogP contribution in [0.4, 0.5) is 0 Å². The van der Waals surface area contributed by atoms with Crippen molar-refractivity contribution in [3.8, 4) is 23.7 Å². The summed E-state index contributed by atoms with van der Waals surface area (Å²) in [4.78, 5) is 10.5. The molecule has 0 aliphatic carbocycles. The van der Waals surface area contributed by atoms with Gasteiger partial charge in [0.2, 0.25) is 0 Å². The Kier molecular flexibility index (Phi) is 13.6. The lowest BCUT2D eigenvalue weighted by atomic mass is 10.1. The van der Waals surface area contributed by atoms with Crippen LogP contribution in [-0.4, -0.2) is 23.8 Å². The predicted octanol–water partition coefficient (Wildman–Crippen LogP) is 3.17. The molecule has 0 saturated heterocycles. The molecule has 0 spiro atoms. The number of rotatable bonds is 9. The molecule has 0 unspecified atom stereocenters. The molecule has 0 radical (unpaired) electrons. The van der Waals surface area contributed by atoms with Gasteiger partial charge in [-0.2, -0.15) is 0 Å². The highest BCUT2D eigenvalue weighted by molar-refractivity contribution is 5.66. The van der Waals surface area contributed by atoms with Crippen LogP contribution < -0.4 is 0 Å². The van der Waals surface area contributed by atoms with Gasteiger partial charge in [0, 0.05) is 6.92 Å². The number of unbranched alkanes of at least 4 members (excludes halogenated alkanes) is 4. The van der Waals surface area contributed by atoms with E-state index in [2.05, 4.69) is 35.0 Å². The Morgan fingerprint density at radius 1 is 1.23 bits per heavy atom. The number of carbonyl (C=O) groups is 1. The highest BCUT2D eigenvalue weighted by Crippen LogP contribution is 2.04. The lowest BCUT2D eigenvalue weighted by Crippen LogP contribution is -1.97. The Labute approximate surface area is 133 Å². The minimum Gasteiger partial charge on any atom is -0.462 e. The zero-order chi connectivity index (χ0) is 16.5. The normalized spacial score (nSPS) is 11.4. The molecule has 22 heavy (non-hydrogen) atoms.